The molecule has 0 radical (unpaired) electrons. The molecule has 7 rings (SSSR count). The van der Waals surface area contributed by atoms with Crippen LogP contribution in [-0.2, 0) is 25.7 Å². The second kappa shape index (κ2) is 15.0. The number of hydrogen-bond donors (Lipinski definition) is 0. The molecule has 0 aliphatic rings. The number of aryl methyl sites for hydroxylation is 4. The highest BCUT2D eigenvalue weighted by Gasteiger charge is 2.20. The maximum atomic E-state index is 2.49. The first-order valence-electron chi connectivity index (χ1n) is 18.3. The average Bonchev–Trinajstić information content (AvgIpc) is 3.20. The normalized spacial score (nSPS) is 11.1. The quantitative estimate of drug-likeness (QED) is 0.139. The van der Waals surface area contributed by atoms with Crippen molar-refractivity contribution >= 4 is 0 Å². The highest BCUT2D eigenvalue weighted by atomic mass is 14.2. The predicted octanol–water partition coefficient (Wildman–Crippen LogP) is 13.9. The molecule has 7 aromatic carbocycles. The van der Waals surface area contributed by atoms with Crippen LogP contribution in [0.15, 0.2) is 158 Å². The van der Waals surface area contributed by atoms with Gasteiger partial charge >= 0.3 is 0 Å². The largest absolute Gasteiger partial charge is 0.0622 e. The second-order valence-electron chi connectivity index (χ2n) is 13.1. The lowest BCUT2D eigenvalue weighted by molar-refractivity contribution is 1.13. The molecule has 0 aliphatic heterocycles. The zero-order valence-electron chi connectivity index (χ0n) is 29.8. The Morgan fingerprint density at radius 1 is 0.240 bits per heavy atom. The molecule has 0 spiro atoms. The van der Waals surface area contributed by atoms with Crippen molar-refractivity contribution in [3.8, 4) is 66.8 Å². The van der Waals surface area contributed by atoms with Gasteiger partial charge in [-0.1, -0.05) is 161 Å². The van der Waals surface area contributed by atoms with Gasteiger partial charge in [-0.25, -0.2) is 0 Å². The van der Waals surface area contributed by atoms with Crippen LogP contribution < -0.4 is 0 Å². The minimum absolute atomic E-state index is 0.959. The third-order valence-electron chi connectivity index (χ3n) is 10.3. The van der Waals surface area contributed by atoms with E-state index in [9.17, 15) is 0 Å². The van der Waals surface area contributed by atoms with E-state index in [1.54, 1.807) is 0 Å². The molecule has 0 nitrogen and oxygen atoms in total. The van der Waals surface area contributed by atoms with Crippen molar-refractivity contribution < 1.29 is 0 Å². The lowest BCUT2D eigenvalue weighted by Gasteiger charge is -2.22. The maximum Gasteiger partial charge on any atom is -0.00958 e. The summed E-state index contributed by atoms with van der Waals surface area (Å²) in [4.78, 5) is 0. The molecule has 0 amide bonds. The van der Waals surface area contributed by atoms with E-state index in [4.69, 9.17) is 0 Å². The maximum absolute atomic E-state index is 2.49. The molecule has 0 N–H and O–H groups in total. The number of benzene rings is 7. The summed E-state index contributed by atoms with van der Waals surface area (Å²) >= 11 is 0. The zero-order chi connectivity index (χ0) is 34.5. The fraction of sp³-hybridized carbons (Fsp3) is 0.160. The van der Waals surface area contributed by atoms with Crippen molar-refractivity contribution in [1.29, 1.82) is 0 Å². The Morgan fingerprint density at radius 2 is 0.580 bits per heavy atom. The van der Waals surface area contributed by atoms with Crippen molar-refractivity contribution in [2.75, 3.05) is 0 Å². The van der Waals surface area contributed by atoms with Crippen LogP contribution in [0.4, 0.5) is 0 Å². The van der Waals surface area contributed by atoms with Crippen molar-refractivity contribution in [2.45, 2.75) is 53.4 Å². The molecular formula is C50H46. The molecule has 0 atom stereocenters. The zero-order valence-corrected chi connectivity index (χ0v) is 29.8. The van der Waals surface area contributed by atoms with Crippen LogP contribution in [0.5, 0.6) is 0 Å². The van der Waals surface area contributed by atoms with E-state index >= 15 is 0 Å². The summed E-state index contributed by atoms with van der Waals surface area (Å²) in [5, 5.41) is 0. The van der Waals surface area contributed by atoms with E-state index in [2.05, 4.69) is 185 Å². The van der Waals surface area contributed by atoms with Gasteiger partial charge in [0.1, 0.15) is 0 Å². The molecule has 0 saturated heterocycles. The van der Waals surface area contributed by atoms with E-state index in [-0.39, 0.29) is 0 Å². The molecule has 246 valence electrons. The van der Waals surface area contributed by atoms with E-state index in [0.29, 0.717) is 0 Å². The molecule has 0 fully saturated rings. The standard InChI is InChI=1S/C50H46/c1-5-35-19-15-17-25-43(35)41-29-27-37(7-3)45(31-41)49-33-48(40-23-13-10-14-24-40)50(34-47(49)39-21-11-9-12-22-39)46-32-42(30-28-38(46)8-4)44-26-18-16-20-36(44)6-2/h9-34H,5-8H2,1-4H3. The predicted molar refractivity (Wildman–Crippen MR) is 217 cm³/mol. The summed E-state index contributed by atoms with van der Waals surface area (Å²) < 4.78 is 0. The monoisotopic (exact) mass is 646 g/mol. The highest BCUT2D eigenvalue weighted by Crippen LogP contribution is 2.45. The van der Waals surface area contributed by atoms with Gasteiger partial charge in [-0.2, -0.15) is 0 Å². The van der Waals surface area contributed by atoms with Gasteiger partial charge in [-0.15, -0.1) is 0 Å². The van der Waals surface area contributed by atoms with Crippen LogP contribution in [0.3, 0.4) is 0 Å². The lowest BCUT2D eigenvalue weighted by atomic mass is 9.81. The van der Waals surface area contributed by atoms with Crippen LogP contribution in [0.1, 0.15) is 49.9 Å². The molecule has 0 unspecified atom stereocenters. The first-order valence-corrected chi connectivity index (χ1v) is 18.3. The van der Waals surface area contributed by atoms with Crippen LogP contribution in [-0.4, -0.2) is 0 Å². The molecular weight excluding hydrogens is 601 g/mol. The third kappa shape index (κ3) is 6.47. The van der Waals surface area contributed by atoms with Gasteiger partial charge in [-0.05, 0) is 139 Å². The van der Waals surface area contributed by atoms with E-state index in [1.807, 2.05) is 0 Å². The lowest BCUT2D eigenvalue weighted by Crippen LogP contribution is -1.98. The third-order valence-corrected chi connectivity index (χ3v) is 10.3. The summed E-state index contributed by atoms with van der Waals surface area (Å²) in [5.41, 5.74) is 20.8. The molecule has 7 aromatic rings. The van der Waals surface area contributed by atoms with E-state index in [0.717, 1.165) is 25.7 Å². The number of rotatable bonds is 10. The Labute approximate surface area is 299 Å². The fourth-order valence-corrected chi connectivity index (χ4v) is 7.58. The summed E-state index contributed by atoms with van der Waals surface area (Å²) in [6.07, 6.45) is 3.93. The molecule has 0 aliphatic carbocycles. The fourth-order valence-electron chi connectivity index (χ4n) is 7.58. The Bertz CT molecular complexity index is 2080. The molecule has 0 bridgehead atoms. The van der Waals surface area contributed by atoms with Gasteiger partial charge in [0.25, 0.3) is 0 Å². The summed E-state index contributed by atoms with van der Waals surface area (Å²) in [5.74, 6) is 0. The summed E-state index contributed by atoms with van der Waals surface area (Å²) in [6, 6.07) is 58.9. The van der Waals surface area contributed by atoms with Crippen LogP contribution >= 0.6 is 0 Å². The van der Waals surface area contributed by atoms with E-state index < -0.39 is 0 Å². The van der Waals surface area contributed by atoms with Gasteiger partial charge in [0.15, 0.2) is 0 Å². The van der Waals surface area contributed by atoms with Gasteiger partial charge in [-0.3, -0.25) is 0 Å². The van der Waals surface area contributed by atoms with Gasteiger partial charge in [0, 0.05) is 0 Å². The van der Waals surface area contributed by atoms with Crippen LogP contribution in [0.25, 0.3) is 66.8 Å². The smallest absolute Gasteiger partial charge is 0.00958 e. The van der Waals surface area contributed by atoms with Crippen LogP contribution in [0, 0.1) is 0 Å². The van der Waals surface area contributed by atoms with E-state index in [1.165, 1.54) is 89.0 Å². The van der Waals surface area contributed by atoms with Gasteiger partial charge in [0.05, 0.1) is 0 Å². The second-order valence-corrected chi connectivity index (χ2v) is 13.1. The minimum atomic E-state index is 0.959. The summed E-state index contributed by atoms with van der Waals surface area (Å²) in [7, 11) is 0. The van der Waals surface area contributed by atoms with Gasteiger partial charge in [0.2, 0.25) is 0 Å². The Morgan fingerprint density at radius 3 is 0.960 bits per heavy atom. The van der Waals surface area contributed by atoms with Crippen molar-refractivity contribution in [3.05, 3.63) is 180 Å². The Kier molecular flexibility index (Phi) is 9.90. The molecule has 0 heteroatoms. The van der Waals surface area contributed by atoms with Crippen molar-refractivity contribution in [2.24, 2.45) is 0 Å². The number of hydrogen-bond acceptors (Lipinski definition) is 0. The van der Waals surface area contributed by atoms with Crippen molar-refractivity contribution in [3.63, 3.8) is 0 Å². The first-order chi connectivity index (χ1) is 24.6. The minimum Gasteiger partial charge on any atom is -0.0622 e. The average molecular weight is 647 g/mol. The topological polar surface area (TPSA) is 0 Å². The highest BCUT2D eigenvalue weighted by molar-refractivity contribution is 5.97. The Hall–Kier alpha value is -5.46. The van der Waals surface area contributed by atoms with Gasteiger partial charge < -0.3 is 0 Å². The molecule has 0 heterocycles. The van der Waals surface area contributed by atoms with Crippen molar-refractivity contribution in [1.82, 2.24) is 0 Å². The van der Waals surface area contributed by atoms with Crippen LogP contribution in [0.2, 0.25) is 0 Å². The SMILES string of the molecule is CCc1ccccc1-c1ccc(CC)c(-c2cc(-c3ccccc3)c(-c3cc(-c4ccccc4CC)ccc3CC)cc2-c2ccccc2)c1. The molecule has 0 aromatic heterocycles. The molecule has 50 heavy (non-hydrogen) atoms. The summed E-state index contributed by atoms with van der Waals surface area (Å²) in [6.45, 7) is 9.05. The molecule has 0 saturated carbocycles. The first kappa shape index (κ1) is 33.1. The Balaban J connectivity index is 1.55.